The Morgan fingerprint density at radius 2 is 2.03 bits per heavy atom. The first-order valence-corrected chi connectivity index (χ1v) is 12.3. The molecule has 5 fully saturated rings. The number of piperidine rings is 1. The molecule has 1 aromatic rings. The van der Waals surface area contributed by atoms with E-state index in [0.29, 0.717) is 17.7 Å². The minimum atomic E-state index is -0.841. The third-order valence-electron chi connectivity index (χ3n) is 10.4. The van der Waals surface area contributed by atoms with Crippen molar-refractivity contribution in [3.8, 4) is 11.5 Å². The smallest absolute Gasteiger partial charge is 0.165 e. The van der Waals surface area contributed by atoms with Gasteiger partial charge < -0.3 is 24.6 Å². The number of benzene rings is 1. The molecule has 7 aliphatic rings. The summed E-state index contributed by atoms with van der Waals surface area (Å²) in [7, 11) is 2.28. The van der Waals surface area contributed by atoms with Crippen LogP contribution in [0.25, 0.3) is 0 Å². The lowest BCUT2D eigenvalue weighted by Crippen LogP contribution is -2.82. The van der Waals surface area contributed by atoms with Gasteiger partial charge in [0.1, 0.15) is 11.7 Å². The van der Waals surface area contributed by atoms with Crippen molar-refractivity contribution in [3.05, 3.63) is 23.3 Å². The highest BCUT2D eigenvalue weighted by atomic mass is 16.6. The predicted octanol–water partition coefficient (Wildman–Crippen LogP) is 3.39. The fraction of sp³-hybridized carbons (Fsp3) is 0.769. The molecule has 0 radical (unpaired) electrons. The number of likely N-dealkylation sites (N-methyl/N-ethyl adjacent to an activating group) is 1. The van der Waals surface area contributed by atoms with Crippen molar-refractivity contribution in [1.29, 1.82) is 0 Å². The van der Waals surface area contributed by atoms with Crippen molar-refractivity contribution in [2.24, 2.45) is 17.3 Å². The van der Waals surface area contributed by atoms with Crippen LogP contribution in [0, 0.1) is 17.3 Å². The van der Waals surface area contributed by atoms with E-state index in [1.54, 1.807) is 0 Å². The molecule has 1 saturated heterocycles. The van der Waals surface area contributed by atoms with Crippen LogP contribution in [-0.4, -0.2) is 58.7 Å². The Labute approximate surface area is 184 Å². The lowest BCUT2D eigenvalue weighted by atomic mass is 9.34. The molecule has 4 bridgehead atoms. The van der Waals surface area contributed by atoms with Crippen molar-refractivity contribution in [1.82, 2.24) is 4.90 Å². The topological polar surface area (TPSA) is 62.2 Å². The van der Waals surface area contributed by atoms with Gasteiger partial charge in [-0.15, -0.1) is 0 Å². The Bertz CT molecular complexity index is 967. The molecular weight excluding hydrogens is 390 g/mol. The Balaban J connectivity index is 1.49. The van der Waals surface area contributed by atoms with Crippen molar-refractivity contribution in [2.45, 2.75) is 87.6 Å². The van der Waals surface area contributed by atoms with Gasteiger partial charge in [0.25, 0.3) is 0 Å². The fourth-order valence-corrected chi connectivity index (χ4v) is 8.97. The molecule has 2 aliphatic heterocycles. The summed E-state index contributed by atoms with van der Waals surface area (Å²) in [5.41, 5.74) is 1.24. The van der Waals surface area contributed by atoms with Crippen LogP contribution in [0.3, 0.4) is 0 Å². The average Bonchev–Trinajstić information content (AvgIpc) is 3.48. The van der Waals surface area contributed by atoms with Gasteiger partial charge in [0.2, 0.25) is 0 Å². The van der Waals surface area contributed by atoms with Gasteiger partial charge >= 0.3 is 0 Å². The number of rotatable bonds is 4. The second-order valence-corrected chi connectivity index (χ2v) is 12.1. The third-order valence-corrected chi connectivity index (χ3v) is 10.4. The zero-order valence-electron chi connectivity index (χ0n) is 19.0. The molecule has 6 atom stereocenters. The summed E-state index contributed by atoms with van der Waals surface area (Å²) < 4.78 is 13.8. The number of likely N-dealkylation sites (tertiary alicyclic amines) is 1. The molecule has 5 heteroatoms. The minimum absolute atomic E-state index is 0.0256. The van der Waals surface area contributed by atoms with Crippen LogP contribution in [0.1, 0.15) is 63.5 Å². The van der Waals surface area contributed by atoms with Crippen molar-refractivity contribution >= 4 is 0 Å². The summed E-state index contributed by atoms with van der Waals surface area (Å²) in [6.45, 7) is 5.76. The van der Waals surface area contributed by atoms with E-state index in [1.807, 2.05) is 19.9 Å². The van der Waals surface area contributed by atoms with Crippen LogP contribution in [0.15, 0.2) is 12.1 Å². The molecule has 5 nitrogen and oxygen atoms in total. The first kappa shape index (κ1) is 19.2. The number of hydrogen-bond acceptors (Lipinski definition) is 5. The molecule has 168 valence electrons. The molecule has 2 N–H and O–H groups in total. The zero-order chi connectivity index (χ0) is 21.4. The largest absolute Gasteiger partial charge is 0.504 e. The summed E-state index contributed by atoms with van der Waals surface area (Å²) >= 11 is 0. The maximum atomic E-state index is 11.5. The monoisotopic (exact) mass is 425 g/mol. The summed E-state index contributed by atoms with van der Waals surface area (Å²) in [5.74, 6) is 1.67. The van der Waals surface area contributed by atoms with Crippen LogP contribution in [0.5, 0.6) is 11.5 Å². The molecule has 1 unspecified atom stereocenters. The number of nitrogens with zero attached hydrogens (tertiary/aromatic N) is 1. The van der Waals surface area contributed by atoms with Crippen LogP contribution in [0.2, 0.25) is 0 Å². The number of ether oxygens (including phenoxy) is 2. The molecule has 1 aromatic carbocycles. The fourth-order valence-electron chi connectivity index (χ4n) is 8.97. The number of aromatic hydroxyl groups is 1. The second-order valence-electron chi connectivity index (χ2n) is 12.1. The molecule has 2 spiro atoms. The van der Waals surface area contributed by atoms with E-state index >= 15 is 0 Å². The normalized spacial score (nSPS) is 44.8. The van der Waals surface area contributed by atoms with Gasteiger partial charge in [-0.1, -0.05) is 6.07 Å². The van der Waals surface area contributed by atoms with Crippen LogP contribution in [0.4, 0.5) is 0 Å². The van der Waals surface area contributed by atoms with Gasteiger partial charge in [-0.05, 0) is 89.9 Å². The van der Waals surface area contributed by atoms with Crippen LogP contribution >= 0.6 is 0 Å². The summed E-state index contributed by atoms with van der Waals surface area (Å²) in [5, 5.41) is 22.3. The van der Waals surface area contributed by atoms with E-state index in [9.17, 15) is 10.2 Å². The lowest BCUT2D eigenvalue weighted by molar-refractivity contribution is -0.306. The van der Waals surface area contributed by atoms with Crippen molar-refractivity contribution in [2.75, 3.05) is 20.2 Å². The van der Waals surface area contributed by atoms with Gasteiger partial charge in [0, 0.05) is 28.4 Å². The van der Waals surface area contributed by atoms with Gasteiger partial charge in [-0.2, -0.15) is 0 Å². The number of aliphatic hydroxyl groups is 1. The van der Waals surface area contributed by atoms with Gasteiger partial charge in [0.05, 0.1) is 12.2 Å². The van der Waals surface area contributed by atoms with Gasteiger partial charge in [-0.25, -0.2) is 0 Å². The van der Waals surface area contributed by atoms with Crippen molar-refractivity contribution < 1.29 is 19.7 Å². The van der Waals surface area contributed by atoms with E-state index in [4.69, 9.17) is 9.47 Å². The van der Waals surface area contributed by atoms with E-state index in [1.165, 1.54) is 24.0 Å². The molecular formula is C26H35NO4. The molecule has 0 amide bonds. The number of hydrogen-bond donors (Lipinski definition) is 2. The Morgan fingerprint density at radius 3 is 2.77 bits per heavy atom. The first-order chi connectivity index (χ1) is 14.7. The first-order valence-electron chi connectivity index (χ1n) is 12.3. The Hall–Kier alpha value is -1.30. The highest BCUT2D eigenvalue weighted by Crippen LogP contribution is 2.77. The van der Waals surface area contributed by atoms with E-state index in [-0.39, 0.29) is 28.6 Å². The lowest BCUT2D eigenvalue weighted by Gasteiger charge is -2.74. The SMILES string of the molecule is CN1CC[C@]23c4c5ccc(O)c4O[C@H]2[C@]2(OCC4CC4)CC[C@@]3(C[C@@H]2C(C)(C)O)C1C5. The zero-order valence-corrected chi connectivity index (χ0v) is 19.0. The minimum Gasteiger partial charge on any atom is -0.504 e. The second kappa shape index (κ2) is 5.60. The molecule has 0 aromatic heterocycles. The summed E-state index contributed by atoms with van der Waals surface area (Å²) in [6, 6.07) is 4.40. The van der Waals surface area contributed by atoms with Gasteiger partial charge in [0.15, 0.2) is 11.5 Å². The van der Waals surface area contributed by atoms with E-state index in [0.717, 1.165) is 45.3 Å². The maximum absolute atomic E-state index is 11.5. The maximum Gasteiger partial charge on any atom is 0.165 e. The summed E-state index contributed by atoms with van der Waals surface area (Å²) in [4.78, 5) is 2.57. The molecule has 8 rings (SSSR count). The highest BCUT2D eigenvalue weighted by molar-refractivity contribution is 5.63. The van der Waals surface area contributed by atoms with Crippen LogP contribution < -0.4 is 4.74 Å². The average molecular weight is 426 g/mol. The van der Waals surface area contributed by atoms with Crippen LogP contribution in [-0.2, 0) is 16.6 Å². The summed E-state index contributed by atoms with van der Waals surface area (Å²) in [6.07, 6.45) is 7.46. The molecule has 31 heavy (non-hydrogen) atoms. The number of fused-ring (bicyclic) bond motifs is 2. The van der Waals surface area contributed by atoms with Gasteiger partial charge in [-0.3, -0.25) is 0 Å². The Kier molecular flexibility index (Phi) is 3.47. The standard InChI is InChI=1S/C26H35NO4/c1-23(2,29)18-13-24-8-9-26(18,30-14-15-4-5-15)22-25(24)10-11-27(3)19(24)12-16-6-7-17(28)21(31-22)20(16)25/h6-7,15,18-19,22,28-29H,4-5,8-14H2,1-3H3/t18-,19?,22-,24-,25+,26+/m1/s1. The van der Waals surface area contributed by atoms with E-state index in [2.05, 4.69) is 18.0 Å². The van der Waals surface area contributed by atoms with E-state index < -0.39 is 11.2 Å². The molecule has 5 aliphatic carbocycles. The number of phenols is 1. The number of phenolic OH excluding ortho intramolecular Hbond substituents is 1. The Morgan fingerprint density at radius 1 is 1.23 bits per heavy atom. The van der Waals surface area contributed by atoms with Crippen molar-refractivity contribution in [3.63, 3.8) is 0 Å². The third kappa shape index (κ3) is 2.06. The molecule has 2 heterocycles. The molecule has 4 saturated carbocycles. The quantitative estimate of drug-likeness (QED) is 0.774. The predicted molar refractivity (Wildman–Crippen MR) is 116 cm³/mol. The highest BCUT2D eigenvalue weighted by Gasteiger charge is 2.81.